The molecule has 1 atom stereocenters. The summed E-state index contributed by atoms with van der Waals surface area (Å²) in [7, 11) is 0. The Balaban J connectivity index is 2.01. The van der Waals surface area contributed by atoms with Gasteiger partial charge in [-0.2, -0.15) is 0 Å². The summed E-state index contributed by atoms with van der Waals surface area (Å²) >= 11 is 0. The molecule has 1 N–H and O–H groups in total. The molecule has 6 nitrogen and oxygen atoms in total. The summed E-state index contributed by atoms with van der Waals surface area (Å²) < 4.78 is 1.51. The highest BCUT2D eigenvalue weighted by atomic mass is 16.4. The molecule has 1 aliphatic rings. The average Bonchev–Trinajstić information content (AvgIpc) is 2.87. The molecule has 1 unspecified atom stereocenters. The minimum absolute atomic E-state index is 0.0389. The van der Waals surface area contributed by atoms with Crippen molar-refractivity contribution in [3.8, 4) is 0 Å². The topological polar surface area (TPSA) is 80.9 Å². The summed E-state index contributed by atoms with van der Waals surface area (Å²) in [6, 6.07) is 9.85. The zero-order chi connectivity index (χ0) is 14.2. The minimum atomic E-state index is -0.956. The van der Waals surface area contributed by atoms with E-state index in [1.54, 1.807) is 0 Å². The maximum absolute atomic E-state index is 11.6. The van der Waals surface area contributed by atoms with Gasteiger partial charge in [0, 0.05) is 5.92 Å². The fourth-order valence-corrected chi connectivity index (χ4v) is 2.69. The molecule has 2 aromatic rings. The predicted molar refractivity (Wildman–Crippen MR) is 71.2 cm³/mol. The fourth-order valence-electron chi connectivity index (χ4n) is 2.69. The highest BCUT2D eigenvalue weighted by molar-refractivity contribution is 5.77. The van der Waals surface area contributed by atoms with Crippen molar-refractivity contribution in [2.75, 3.05) is 0 Å². The summed E-state index contributed by atoms with van der Waals surface area (Å²) in [5.74, 6) is -0.279. The van der Waals surface area contributed by atoms with Gasteiger partial charge in [-0.05, 0) is 35.3 Å². The van der Waals surface area contributed by atoms with Gasteiger partial charge in [0.25, 0.3) is 0 Å². The first-order valence-corrected chi connectivity index (χ1v) is 6.72. The van der Waals surface area contributed by atoms with E-state index in [4.69, 9.17) is 0 Å². The van der Waals surface area contributed by atoms with Crippen molar-refractivity contribution >= 4 is 5.97 Å². The molecule has 1 heterocycles. The molecule has 0 amide bonds. The first-order chi connectivity index (χ1) is 9.65. The highest BCUT2D eigenvalue weighted by Gasteiger charge is 2.49. The van der Waals surface area contributed by atoms with E-state index >= 15 is 0 Å². The molecule has 3 rings (SSSR count). The Morgan fingerprint density at radius 3 is 2.60 bits per heavy atom. The van der Waals surface area contributed by atoms with Crippen LogP contribution in [0.3, 0.4) is 0 Å². The normalized spacial score (nSPS) is 18.2. The van der Waals surface area contributed by atoms with Crippen molar-refractivity contribution < 1.29 is 9.90 Å². The molecule has 0 saturated heterocycles. The second kappa shape index (κ2) is 4.70. The summed E-state index contributed by atoms with van der Waals surface area (Å²) in [6.07, 6.45) is 2.06. The minimum Gasteiger partial charge on any atom is -0.479 e. The van der Waals surface area contributed by atoms with Gasteiger partial charge in [0.2, 0.25) is 0 Å². The fraction of sp³-hybridized carbons (Fsp3) is 0.429. The van der Waals surface area contributed by atoms with Crippen LogP contribution in [0.5, 0.6) is 0 Å². The Kier molecular flexibility index (Phi) is 3.00. The molecule has 6 heteroatoms. The number of carbonyl (C=O) groups is 1. The van der Waals surface area contributed by atoms with E-state index in [-0.39, 0.29) is 5.92 Å². The van der Waals surface area contributed by atoms with E-state index in [1.165, 1.54) is 4.68 Å². The molecule has 0 radical (unpaired) electrons. The number of nitrogens with zero attached hydrogens (tertiary/aromatic N) is 4. The van der Waals surface area contributed by atoms with Gasteiger partial charge >= 0.3 is 5.97 Å². The smallest absolute Gasteiger partial charge is 0.331 e. The zero-order valence-electron chi connectivity index (χ0n) is 11.2. The Hall–Kier alpha value is -2.24. The van der Waals surface area contributed by atoms with Crippen molar-refractivity contribution in [3.63, 3.8) is 0 Å². The zero-order valence-corrected chi connectivity index (χ0v) is 11.2. The molecule has 104 valence electrons. The van der Waals surface area contributed by atoms with Crippen molar-refractivity contribution in [2.45, 2.75) is 37.6 Å². The number of hydrogen-bond donors (Lipinski definition) is 1. The highest BCUT2D eigenvalue weighted by Crippen LogP contribution is 2.40. The van der Waals surface area contributed by atoms with Crippen LogP contribution >= 0.6 is 0 Å². The van der Waals surface area contributed by atoms with Crippen LogP contribution in [0.1, 0.15) is 43.5 Å². The third-order valence-electron chi connectivity index (χ3n) is 4.16. The third-order valence-corrected chi connectivity index (χ3v) is 4.16. The number of aliphatic carboxylic acids is 1. The molecule has 20 heavy (non-hydrogen) atoms. The number of rotatable bonds is 4. The lowest BCUT2D eigenvalue weighted by Gasteiger charge is -2.38. The molecule has 0 aliphatic heterocycles. The van der Waals surface area contributed by atoms with Crippen molar-refractivity contribution in [1.82, 2.24) is 20.2 Å². The molecule has 1 fully saturated rings. The number of aromatic nitrogens is 4. The number of tetrazole rings is 1. The summed E-state index contributed by atoms with van der Waals surface area (Å²) in [4.78, 5) is 11.6. The van der Waals surface area contributed by atoms with Gasteiger partial charge in [0.1, 0.15) is 0 Å². The van der Waals surface area contributed by atoms with Crippen LogP contribution in [-0.2, 0) is 10.3 Å². The number of carboxylic acid groups (broad SMARTS) is 1. The van der Waals surface area contributed by atoms with Crippen LogP contribution in [0.4, 0.5) is 0 Å². The first kappa shape index (κ1) is 12.8. The quantitative estimate of drug-likeness (QED) is 0.917. The lowest BCUT2D eigenvalue weighted by atomic mass is 9.76. The maximum atomic E-state index is 11.6. The van der Waals surface area contributed by atoms with E-state index in [0.717, 1.165) is 12.0 Å². The van der Waals surface area contributed by atoms with E-state index < -0.39 is 11.5 Å². The van der Waals surface area contributed by atoms with Gasteiger partial charge < -0.3 is 5.11 Å². The van der Waals surface area contributed by atoms with E-state index in [9.17, 15) is 9.90 Å². The van der Waals surface area contributed by atoms with Crippen LogP contribution in [0.15, 0.2) is 30.3 Å². The molecule has 1 aromatic carbocycles. The van der Waals surface area contributed by atoms with E-state index in [1.807, 2.05) is 37.3 Å². The first-order valence-electron chi connectivity index (χ1n) is 6.72. The molecule has 0 spiro atoms. The van der Waals surface area contributed by atoms with Crippen molar-refractivity contribution in [3.05, 3.63) is 41.7 Å². The van der Waals surface area contributed by atoms with Crippen molar-refractivity contribution in [1.29, 1.82) is 0 Å². The van der Waals surface area contributed by atoms with Crippen LogP contribution in [0.2, 0.25) is 0 Å². The average molecular weight is 272 g/mol. The number of hydrogen-bond acceptors (Lipinski definition) is 4. The van der Waals surface area contributed by atoms with E-state index in [2.05, 4.69) is 15.5 Å². The van der Waals surface area contributed by atoms with Crippen LogP contribution in [0.25, 0.3) is 0 Å². The van der Waals surface area contributed by atoms with Crippen molar-refractivity contribution in [2.24, 2.45) is 0 Å². The van der Waals surface area contributed by atoms with Gasteiger partial charge in [-0.3, -0.25) is 0 Å². The Morgan fingerprint density at radius 2 is 2.05 bits per heavy atom. The van der Waals surface area contributed by atoms with Crippen LogP contribution < -0.4 is 0 Å². The molecular weight excluding hydrogens is 256 g/mol. The largest absolute Gasteiger partial charge is 0.479 e. The van der Waals surface area contributed by atoms with E-state index in [0.29, 0.717) is 18.7 Å². The van der Waals surface area contributed by atoms with Gasteiger partial charge in [-0.1, -0.05) is 37.3 Å². The SMILES string of the molecule is CC(c1ccccc1)c1nnnn1C1(C(=O)O)CCC1. The molecule has 1 aliphatic carbocycles. The van der Waals surface area contributed by atoms with Gasteiger partial charge in [-0.25, -0.2) is 9.48 Å². The monoisotopic (exact) mass is 272 g/mol. The number of benzene rings is 1. The molecular formula is C14H16N4O2. The second-order valence-corrected chi connectivity index (χ2v) is 5.27. The Morgan fingerprint density at radius 1 is 1.35 bits per heavy atom. The second-order valence-electron chi connectivity index (χ2n) is 5.27. The Labute approximate surface area is 116 Å². The third kappa shape index (κ3) is 1.79. The molecule has 1 saturated carbocycles. The van der Waals surface area contributed by atoms with Gasteiger partial charge in [0.15, 0.2) is 11.4 Å². The summed E-state index contributed by atoms with van der Waals surface area (Å²) in [5.41, 5.74) is 0.116. The maximum Gasteiger partial charge on any atom is 0.331 e. The van der Waals surface area contributed by atoms with Crippen LogP contribution in [0, 0.1) is 0 Å². The summed E-state index contributed by atoms with van der Waals surface area (Å²) in [5, 5.41) is 21.2. The standard InChI is InChI=1S/C14H16N4O2/c1-10(11-6-3-2-4-7-11)12-15-16-17-18(12)14(13(19)20)8-5-9-14/h2-4,6-7,10H,5,8-9H2,1H3,(H,19,20). The van der Waals surface area contributed by atoms with Crippen LogP contribution in [-0.4, -0.2) is 31.3 Å². The Bertz CT molecular complexity index is 619. The predicted octanol–water partition coefficient (Wildman–Crippen LogP) is 1.79. The van der Waals surface area contributed by atoms with Gasteiger partial charge in [-0.15, -0.1) is 5.10 Å². The lowest BCUT2D eigenvalue weighted by Crippen LogP contribution is -2.49. The molecule has 0 bridgehead atoms. The van der Waals surface area contributed by atoms with Gasteiger partial charge in [0.05, 0.1) is 0 Å². The lowest BCUT2D eigenvalue weighted by molar-refractivity contribution is -0.153. The molecule has 1 aromatic heterocycles. The summed E-state index contributed by atoms with van der Waals surface area (Å²) in [6.45, 7) is 1.99. The number of carboxylic acids is 1.